The van der Waals surface area contributed by atoms with Gasteiger partial charge in [-0.25, -0.2) is 9.97 Å². The minimum Gasteiger partial charge on any atom is -0.355 e. The number of carbonyl (C=O) groups excluding carboxylic acids is 2. The van der Waals surface area contributed by atoms with Gasteiger partial charge in [0.15, 0.2) is 5.79 Å². The Morgan fingerprint density at radius 1 is 0.966 bits per heavy atom. The summed E-state index contributed by atoms with van der Waals surface area (Å²) in [5.41, 5.74) is 1.50. The molecule has 2 amide bonds. The molecule has 2 N–H and O–H groups in total. The highest BCUT2D eigenvalue weighted by Crippen LogP contribution is 2.32. The predicted octanol–water partition coefficient (Wildman–Crippen LogP) is 2.03. The SMILES string of the molecule is CC(=O)Nc1ccc(NC(=O)c2cnc(N3CCC4(CC3)OCCO4)cn2)cc1. The number of benzene rings is 1. The smallest absolute Gasteiger partial charge is 0.275 e. The van der Waals surface area contributed by atoms with Gasteiger partial charge in [-0.05, 0) is 24.3 Å². The number of carbonyl (C=O) groups is 2. The molecule has 29 heavy (non-hydrogen) atoms. The van der Waals surface area contributed by atoms with E-state index in [1.165, 1.54) is 13.1 Å². The summed E-state index contributed by atoms with van der Waals surface area (Å²) >= 11 is 0. The lowest BCUT2D eigenvalue weighted by Gasteiger charge is -2.37. The molecular weight excluding hydrogens is 374 g/mol. The van der Waals surface area contributed by atoms with Crippen LogP contribution in [0.5, 0.6) is 0 Å². The fourth-order valence-corrected chi connectivity index (χ4v) is 3.50. The third-order valence-electron chi connectivity index (χ3n) is 5.00. The number of hydrogen-bond donors (Lipinski definition) is 2. The van der Waals surface area contributed by atoms with Crippen molar-refractivity contribution < 1.29 is 19.1 Å². The van der Waals surface area contributed by atoms with Crippen molar-refractivity contribution in [2.75, 3.05) is 41.8 Å². The Balaban J connectivity index is 1.34. The van der Waals surface area contributed by atoms with Gasteiger partial charge in [0.25, 0.3) is 5.91 Å². The van der Waals surface area contributed by atoms with Crippen LogP contribution in [0.3, 0.4) is 0 Å². The molecule has 1 spiro atoms. The van der Waals surface area contributed by atoms with E-state index in [2.05, 4.69) is 25.5 Å². The third-order valence-corrected chi connectivity index (χ3v) is 5.00. The summed E-state index contributed by atoms with van der Waals surface area (Å²) in [6.07, 6.45) is 4.66. The minimum absolute atomic E-state index is 0.149. The highest BCUT2D eigenvalue weighted by molar-refractivity contribution is 6.02. The lowest BCUT2D eigenvalue weighted by Crippen LogP contribution is -2.45. The zero-order chi connectivity index (χ0) is 20.3. The van der Waals surface area contributed by atoms with Gasteiger partial charge < -0.3 is 25.0 Å². The van der Waals surface area contributed by atoms with E-state index in [1.807, 2.05) is 0 Å². The van der Waals surface area contributed by atoms with Crippen LogP contribution in [0.15, 0.2) is 36.7 Å². The zero-order valence-corrected chi connectivity index (χ0v) is 16.2. The van der Waals surface area contributed by atoms with Gasteiger partial charge >= 0.3 is 0 Å². The average Bonchev–Trinajstić information content (AvgIpc) is 3.18. The van der Waals surface area contributed by atoms with E-state index < -0.39 is 5.79 Å². The molecule has 2 saturated heterocycles. The van der Waals surface area contributed by atoms with Gasteiger partial charge in [0.1, 0.15) is 11.5 Å². The van der Waals surface area contributed by atoms with E-state index in [4.69, 9.17) is 9.47 Å². The first kappa shape index (κ1) is 19.3. The Labute approximate surface area is 168 Å². The van der Waals surface area contributed by atoms with Crippen LogP contribution in [-0.2, 0) is 14.3 Å². The van der Waals surface area contributed by atoms with Gasteiger partial charge in [-0.1, -0.05) is 0 Å². The molecule has 0 aliphatic carbocycles. The topological polar surface area (TPSA) is 106 Å². The summed E-state index contributed by atoms with van der Waals surface area (Å²) in [5.74, 6) is -0.195. The van der Waals surface area contributed by atoms with Crippen LogP contribution in [0.2, 0.25) is 0 Å². The molecule has 2 aromatic rings. The van der Waals surface area contributed by atoms with Gasteiger partial charge in [0.2, 0.25) is 5.91 Å². The van der Waals surface area contributed by atoms with Crippen molar-refractivity contribution in [3.63, 3.8) is 0 Å². The van der Waals surface area contributed by atoms with Crippen LogP contribution in [0.25, 0.3) is 0 Å². The highest BCUT2D eigenvalue weighted by atomic mass is 16.7. The maximum Gasteiger partial charge on any atom is 0.275 e. The molecule has 152 valence electrons. The van der Waals surface area contributed by atoms with Crippen molar-refractivity contribution in [1.29, 1.82) is 0 Å². The van der Waals surface area contributed by atoms with E-state index >= 15 is 0 Å². The van der Waals surface area contributed by atoms with Crippen molar-refractivity contribution in [3.05, 3.63) is 42.4 Å². The first-order valence-corrected chi connectivity index (χ1v) is 9.57. The monoisotopic (exact) mass is 397 g/mol. The lowest BCUT2D eigenvalue weighted by atomic mass is 10.0. The van der Waals surface area contributed by atoms with Crippen LogP contribution in [-0.4, -0.2) is 53.9 Å². The molecule has 0 bridgehead atoms. The largest absolute Gasteiger partial charge is 0.355 e. The second kappa shape index (κ2) is 8.14. The predicted molar refractivity (Wildman–Crippen MR) is 107 cm³/mol. The first-order chi connectivity index (χ1) is 14.0. The molecule has 1 aromatic heterocycles. The second-order valence-electron chi connectivity index (χ2n) is 7.07. The highest BCUT2D eigenvalue weighted by Gasteiger charge is 2.40. The molecule has 1 aromatic carbocycles. The molecule has 0 unspecified atom stereocenters. The fourth-order valence-electron chi connectivity index (χ4n) is 3.50. The molecule has 0 atom stereocenters. The van der Waals surface area contributed by atoms with E-state index in [0.717, 1.165) is 31.7 Å². The summed E-state index contributed by atoms with van der Waals surface area (Å²) in [6, 6.07) is 6.85. The molecule has 9 heteroatoms. The Kier molecular flexibility index (Phi) is 5.41. The molecule has 2 fully saturated rings. The van der Waals surface area contributed by atoms with Crippen molar-refractivity contribution in [2.45, 2.75) is 25.6 Å². The standard InChI is InChI=1S/C20H23N5O4/c1-14(26)23-15-2-4-16(5-3-15)24-19(27)17-12-22-18(13-21-17)25-8-6-20(7-9-25)28-10-11-29-20/h2-5,12-13H,6-11H2,1H3,(H,23,26)(H,24,27). The molecule has 4 rings (SSSR count). The average molecular weight is 397 g/mol. The maximum atomic E-state index is 12.4. The number of ether oxygens (including phenoxy) is 2. The van der Waals surface area contributed by atoms with Crippen LogP contribution in [0, 0.1) is 0 Å². The van der Waals surface area contributed by atoms with Crippen LogP contribution in [0.4, 0.5) is 17.2 Å². The molecular formula is C20H23N5O4. The fraction of sp³-hybridized carbons (Fsp3) is 0.400. The van der Waals surface area contributed by atoms with Gasteiger partial charge in [-0.2, -0.15) is 0 Å². The summed E-state index contributed by atoms with van der Waals surface area (Å²) in [5, 5.41) is 5.45. The van der Waals surface area contributed by atoms with Crippen LogP contribution >= 0.6 is 0 Å². The number of anilines is 3. The van der Waals surface area contributed by atoms with E-state index in [1.54, 1.807) is 30.5 Å². The summed E-state index contributed by atoms with van der Waals surface area (Å²) in [7, 11) is 0. The van der Waals surface area contributed by atoms with Crippen molar-refractivity contribution in [3.8, 4) is 0 Å². The van der Waals surface area contributed by atoms with Crippen molar-refractivity contribution in [2.24, 2.45) is 0 Å². The second-order valence-corrected chi connectivity index (χ2v) is 7.07. The molecule has 9 nitrogen and oxygen atoms in total. The number of nitrogens with zero attached hydrogens (tertiary/aromatic N) is 3. The number of amides is 2. The van der Waals surface area contributed by atoms with Crippen molar-refractivity contribution >= 4 is 29.0 Å². The zero-order valence-electron chi connectivity index (χ0n) is 16.2. The number of hydrogen-bond acceptors (Lipinski definition) is 7. The summed E-state index contributed by atoms with van der Waals surface area (Å²) in [6.45, 7) is 4.27. The summed E-state index contributed by atoms with van der Waals surface area (Å²) < 4.78 is 11.5. The maximum absolute atomic E-state index is 12.4. The normalized spacial score (nSPS) is 17.9. The van der Waals surface area contributed by atoms with Crippen LogP contribution in [0.1, 0.15) is 30.3 Å². The van der Waals surface area contributed by atoms with E-state index in [0.29, 0.717) is 24.6 Å². The minimum atomic E-state index is -0.431. The number of rotatable bonds is 4. The Morgan fingerprint density at radius 2 is 1.59 bits per heavy atom. The Bertz CT molecular complexity index is 869. The number of aromatic nitrogens is 2. The van der Waals surface area contributed by atoms with Gasteiger partial charge in [0, 0.05) is 44.2 Å². The van der Waals surface area contributed by atoms with Gasteiger partial charge in [-0.3, -0.25) is 9.59 Å². The Hall–Kier alpha value is -3.04. The number of nitrogens with one attached hydrogen (secondary N) is 2. The number of piperidine rings is 1. The van der Waals surface area contributed by atoms with Gasteiger partial charge in [0.05, 0.1) is 25.6 Å². The Morgan fingerprint density at radius 3 is 2.14 bits per heavy atom. The van der Waals surface area contributed by atoms with E-state index in [-0.39, 0.29) is 17.5 Å². The first-order valence-electron chi connectivity index (χ1n) is 9.57. The molecule has 0 radical (unpaired) electrons. The lowest BCUT2D eigenvalue weighted by molar-refractivity contribution is -0.169. The quantitative estimate of drug-likeness (QED) is 0.813. The van der Waals surface area contributed by atoms with Crippen LogP contribution < -0.4 is 15.5 Å². The van der Waals surface area contributed by atoms with Crippen molar-refractivity contribution in [1.82, 2.24) is 9.97 Å². The molecule has 2 aliphatic heterocycles. The third kappa shape index (κ3) is 4.52. The summed E-state index contributed by atoms with van der Waals surface area (Å²) in [4.78, 5) is 34.2. The van der Waals surface area contributed by atoms with E-state index in [9.17, 15) is 9.59 Å². The molecule has 3 heterocycles. The molecule has 0 saturated carbocycles. The molecule has 2 aliphatic rings. The van der Waals surface area contributed by atoms with Gasteiger partial charge in [-0.15, -0.1) is 0 Å².